The van der Waals surface area contributed by atoms with Crippen molar-refractivity contribution < 1.29 is 4.52 Å². The molecule has 0 radical (unpaired) electrons. The predicted molar refractivity (Wildman–Crippen MR) is 87.7 cm³/mol. The van der Waals surface area contributed by atoms with E-state index in [1.807, 2.05) is 0 Å². The summed E-state index contributed by atoms with van der Waals surface area (Å²) in [7, 11) is -2.47. The van der Waals surface area contributed by atoms with Crippen LogP contribution in [0.15, 0.2) is 30.3 Å². The average Bonchev–Trinajstić information content (AvgIpc) is 2.94. The molecule has 0 N–H and O–H groups in total. The topological polar surface area (TPSA) is 12.5 Å². The molecule has 1 aromatic rings. The van der Waals surface area contributed by atoms with Crippen LogP contribution in [0.5, 0.6) is 0 Å². The van der Waals surface area contributed by atoms with Crippen molar-refractivity contribution in [2.45, 2.75) is 50.0 Å². The molecule has 2 rings (SSSR count). The molecule has 0 spiro atoms. The first-order valence-electron chi connectivity index (χ1n) is 6.71. The third kappa shape index (κ3) is 3.13. The molecule has 0 aromatic heterocycles. The zero-order valence-electron chi connectivity index (χ0n) is 12.4. The van der Waals surface area contributed by atoms with E-state index < -0.39 is 16.1 Å². The molecule has 100 valence electrons. The lowest BCUT2D eigenvalue weighted by Gasteiger charge is -2.37. The zero-order chi connectivity index (χ0) is 13.6. The molecular formula is C14H25OPSi2. The van der Waals surface area contributed by atoms with Gasteiger partial charge in [-0.15, -0.1) is 0 Å². The zero-order valence-corrected chi connectivity index (χ0v) is 15.3. The fourth-order valence-corrected chi connectivity index (χ4v) is 22.2. The summed E-state index contributed by atoms with van der Waals surface area (Å²) in [5.74, 6) is 0.435. The summed E-state index contributed by atoms with van der Waals surface area (Å²) in [6.45, 7) is 15.1. The van der Waals surface area contributed by atoms with Gasteiger partial charge in [0.1, 0.15) is 5.85 Å². The highest BCUT2D eigenvalue weighted by atomic mass is 31.2. The van der Waals surface area contributed by atoms with Crippen molar-refractivity contribution in [2.24, 2.45) is 0 Å². The number of rotatable bonds is 4. The predicted octanol–water partition coefficient (Wildman–Crippen LogP) is 5.24. The largest absolute Gasteiger partial charge is 0.342 e. The van der Waals surface area contributed by atoms with E-state index in [1.54, 1.807) is 0 Å². The van der Waals surface area contributed by atoms with Gasteiger partial charge < -0.3 is 4.52 Å². The summed E-state index contributed by atoms with van der Waals surface area (Å²) in [5.41, 5.74) is 1.39. The van der Waals surface area contributed by atoms with Gasteiger partial charge in [-0.3, -0.25) is 0 Å². The van der Waals surface area contributed by atoms with E-state index in [-0.39, 0.29) is 8.15 Å². The van der Waals surface area contributed by atoms with Crippen LogP contribution in [0, 0.1) is 0 Å². The van der Waals surface area contributed by atoms with E-state index in [0.29, 0.717) is 5.85 Å². The summed E-state index contributed by atoms with van der Waals surface area (Å²) in [6, 6.07) is 10.8. The van der Waals surface area contributed by atoms with E-state index in [9.17, 15) is 0 Å². The van der Waals surface area contributed by atoms with E-state index in [2.05, 4.69) is 69.6 Å². The Morgan fingerprint density at radius 2 is 1.44 bits per heavy atom. The van der Waals surface area contributed by atoms with Gasteiger partial charge >= 0.3 is 0 Å². The summed E-state index contributed by atoms with van der Waals surface area (Å²) in [5, 5.41) is 0. The Balaban J connectivity index is 2.18. The van der Waals surface area contributed by atoms with Gasteiger partial charge in [0.05, 0.1) is 24.3 Å². The fourth-order valence-electron chi connectivity index (χ4n) is 3.17. The van der Waals surface area contributed by atoms with Crippen molar-refractivity contribution in [2.75, 3.05) is 0 Å². The molecule has 0 bridgehead atoms. The molecule has 0 amide bonds. The molecule has 2 atom stereocenters. The average molecular weight is 296 g/mol. The molecule has 1 heterocycles. The molecule has 1 nitrogen and oxygen atoms in total. The molecule has 1 saturated heterocycles. The second-order valence-corrected chi connectivity index (χ2v) is 21.4. The molecule has 1 aliphatic rings. The van der Waals surface area contributed by atoms with E-state index >= 15 is 0 Å². The number of hydrogen-bond acceptors (Lipinski definition) is 1. The van der Waals surface area contributed by atoms with Crippen molar-refractivity contribution in [1.29, 1.82) is 0 Å². The minimum Gasteiger partial charge on any atom is -0.342 e. The van der Waals surface area contributed by atoms with Crippen LogP contribution >= 0.6 is 8.15 Å². The summed E-state index contributed by atoms with van der Waals surface area (Å²) >= 11 is 0. The lowest BCUT2D eigenvalue weighted by atomic mass is 10.2. The monoisotopic (exact) mass is 296 g/mol. The van der Waals surface area contributed by atoms with Crippen LogP contribution < -0.4 is 0 Å². The van der Waals surface area contributed by atoms with Gasteiger partial charge in [0.2, 0.25) is 0 Å². The fraction of sp³-hybridized carbons (Fsp3) is 0.571. The van der Waals surface area contributed by atoms with E-state index in [0.717, 1.165) is 4.91 Å². The van der Waals surface area contributed by atoms with Crippen LogP contribution in [0.4, 0.5) is 0 Å². The van der Waals surface area contributed by atoms with Crippen molar-refractivity contribution in [1.82, 2.24) is 0 Å². The van der Waals surface area contributed by atoms with Crippen LogP contribution in [0.2, 0.25) is 39.3 Å². The molecule has 1 aromatic carbocycles. The first-order chi connectivity index (χ1) is 8.21. The van der Waals surface area contributed by atoms with Crippen molar-refractivity contribution in [3.63, 3.8) is 0 Å². The highest BCUT2D eigenvalue weighted by Crippen LogP contribution is 2.76. The van der Waals surface area contributed by atoms with E-state index in [4.69, 9.17) is 4.52 Å². The van der Waals surface area contributed by atoms with Crippen LogP contribution in [0.25, 0.3) is 0 Å². The maximum absolute atomic E-state index is 6.15. The van der Waals surface area contributed by atoms with Gasteiger partial charge in [-0.1, -0.05) is 69.6 Å². The van der Waals surface area contributed by atoms with Gasteiger partial charge in [-0.05, 0) is 10.5 Å². The SMILES string of the molecule is C[Si](C)(C)C(P1O[C@@H]1c1ccccc1)[Si](C)(C)C. The molecule has 1 fully saturated rings. The molecule has 1 aliphatic heterocycles. The second kappa shape index (κ2) is 4.86. The summed E-state index contributed by atoms with van der Waals surface area (Å²) < 4.78 is 6.15. The van der Waals surface area contributed by atoms with Gasteiger partial charge in [-0.2, -0.15) is 0 Å². The van der Waals surface area contributed by atoms with Crippen molar-refractivity contribution >= 4 is 24.3 Å². The number of hydrogen-bond donors (Lipinski definition) is 0. The van der Waals surface area contributed by atoms with Crippen LogP contribution in [-0.4, -0.2) is 21.1 Å². The van der Waals surface area contributed by atoms with Gasteiger partial charge in [0.15, 0.2) is 0 Å². The molecule has 0 saturated carbocycles. The Hall–Kier alpha value is 0.0438. The normalized spacial score (nSPS) is 24.4. The van der Waals surface area contributed by atoms with Crippen LogP contribution in [0.1, 0.15) is 11.4 Å². The smallest absolute Gasteiger partial charge is 0.130 e. The second-order valence-electron chi connectivity index (χ2n) is 7.36. The van der Waals surface area contributed by atoms with Crippen molar-refractivity contribution in [3.8, 4) is 0 Å². The standard InChI is InChI=1S/C14H25OPSi2/c1-17(2,3)14(18(4,5)6)16-13(15-16)12-10-8-7-9-11-12/h7-11,13-14H,1-6H3/t13-,16?/m0/s1. The first-order valence-corrected chi connectivity index (χ1v) is 15.3. The Labute approximate surface area is 115 Å². The van der Waals surface area contributed by atoms with Gasteiger partial charge in [-0.25, -0.2) is 0 Å². The maximum atomic E-state index is 6.15. The third-order valence-corrected chi connectivity index (χ3v) is 19.7. The summed E-state index contributed by atoms with van der Waals surface area (Å²) in [4.78, 5) is 0.908. The lowest BCUT2D eigenvalue weighted by Crippen LogP contribution is -2.51. The molecule has 1 unspecified atom stereocenters. The van der Waals surface area contributed by atoms with Gasteiger partial charge in [0, 0.05) is 0 Å². The quantitative estimate of drug-likeness (QED) is 0.421. The molecule has 4 heteroatoms. The Morgan fingerprint density at radius 1 is 0.944 bits per heavy atom. The minimum absolute atomic E-state index is 0.206. The maximum Gasteiger partial charge on any atom is 0.130 e. The highest BCUT2D eigenvalue weighted by molar-refractivity contribution is 7.66. The highest BCUT2D eigenvalue weighted by Gasteiger charge is 2.55. The summed E-state index contributed by atoms with van der Waals surface area (Å²) in [6.07, 6.45) is 0. The Morgan fingerprint density at radius 3 is 1.89 bits per heavy atom. The lowest BCUT2D eigenvalue weighted by molar-refractivity contribution is 0.470. The van der Waals surface area contributed by atoms with Crippen LogP contribution in [-0.2, 0) is 4.52 Å². The van der Waals surface area contributed by atoms with Crippen molar-refractivity contribution in [3.05, 3.63) is 35.9 Å². The Bertz CT molecular complexity index is 394. The Kier molecular flexibility index (Phi) is 3.90. The third-order valence-electron chi connectivity index (χ3n) is 3.39. The minimum atomic E-state index is -1.13. The molecule has 0 aliphatic carbocycles. The van der Waals surface area contributed by atoms with Gasteiger partial charge in [0.25, 0.3) is 0 Å². The molecular weight excluding hydrogens is 271 g/mol. The molecule has 18 heavy (non-hydrogen) atoms. The number of benzene rings is 1. The first kappa shape index (κ1) is 14.5. The van der Waals surface area contributed by atoms with Crippen LogP contribution in [0.3, 0.4) is 0 Å². The van der Waals surface area contributed by atoms with E-state index in [1.165, 1.54) is 5.56 Å².